The van der Waals surface area contributed by atoms with Gasteiger partial charge < -0.3 is 10.1 Å². The average Bonchev–Trinajstić information content (AvgIpc) is 2.79. The van der Waals surface area contributed by atoms with E-state index in [1.54, 1.807) is 31.8 Å². The molecule has 0 saturated carbocycles. The van der Waals surface area contributed by atoms with Crippen molar-refractivity contribution in [2.24, 2.45) is 0 Å². The van der Waals surface area contributed by atoms with Crippen LogP contribution in [-0.2, 0) is 11.3 Å². The number of aromatic nitrogens is 3. The molecule has 6 heteroatoms. The quantitative estimate of drug-likeness (QED) is 0.853. The lowest BCUT2D eigenvalue weighted by Crippen LogP contribution is -2.12. The summed E-state index contributed by atoms with van der Waals surface area (Å²) >= 11 is 0. The second kappa shape index (κ2) is 5.26. The number of nitrogens with zero attached hydrogens (tertiary/aromatic N) is 3. The Labute approximate surface area is 111 Å². The molecule has 0 fully saturated rings. The number of ether oxygens (including phenoxy) is 1. The Balaban J connectivity index is 2.71. The Morgan fingerprint density at radius 2 is 2.21 bits per heavy atom. The molecule has 19 heavy (non-hydrogen) atoms. The van der Waals surface area contributed by atoms with Crippen molar-refractivity contribution in [3.8, 4) is 0 Å². The lowest BCUT2D eigenvalue weighted by atomic mass is 10.1. The molecule has 0 atom stereocenters. The van der Waals surface area contributed by atoms with E-state index in [1.165, 1.54) is 0 Å². The van der Waals surface area contributed by atoms with Gasteiger partial charge in [0.25, 0.3) is 0 Å². The Hall–Kier alpha value is -2.11. The third-order valence-corrected chi connectivity index (χ3v) is 3.00. The Morgan fingerprint density at radius 1 is 1.47 bits per heavy atom. The summed E-state index contributed by atoms with van der Waals surface area (Å²) in [5.41, 5.74) is 2.62. The molecule has 2 heterocycles. The van der Waals surface area contributed by atoms with Crippen LogP contribution in [0, 0.1) is 6.92 Å². The normalized spacial score (nSPS) is 10.7. The molecule has 1 N–H and O–H groups in total. The number of nitrogens with one attached hydrogen (secondary N) is 1. The van der Waals surface area contributed by atoms with Gasteiger partial charge in [0.05, 0.1) is 29.6 Å². The largest absolute Gasteiger partial charge is 0.462 e. The minimum Gasteiger partial charge on any atom is -0.462 e. The first-order valence-corrected chi connectivity index (χ1v) is 6.35. The molecule has 0 aliphatic rings. The second-order valence-corrected chi connectivity index (χ2v) is 4.12. The predicted octanol–water partition coefficient (Wildman–Crippen LogP) is 1.98. The monoisotopic (exact) mass is 262 g/mol. The van der Waals surface area contributed by atoms with Gasteiger partial charge in [-0.2, -0.15) is 5.10 Å². The van der Waals surface area contributed by atoms with Gasteiger partial charge in [-0.15, -0.1) is 0 Å². The molecule has 2 aromatic rings. The number of esters is 1. The summed E-state index contributed by atoms with van der Waals surface area (Å²) < 4.78 is 6.89. The maximum absolute atomic E-state index is 12.0. The molecule has 0 aromatic carbocycles. The fourth-order valence-corrected chi connectivity index (χ4v) is 2.15. The maximum Gasteiger partial charge on any atom is 0.342 e. The van der Waals surface area contributed by atoms with Gasteiger partial charge in [0, 0.05) is 13.6 Å². The van der Waals surface area contributed by atoms with Gasteiger partial charge in [-0.05, 0) is 20.8 Å². The van der Waals surface area contributed by atoms with Crippen molar-refractivity contribution in [2.75, 3.05) is 19.0 Å². The van der Waals surface area contributed by atoms with Gasteiger partial charge in [0.2, 0.25) is 0 Å². The zero-order valence-electron chi connectivity index (χ0n) is 11.6. The minimum atomic E-state index is -0.358. The van der Waals surface area contributed by atoms with E-state index in [9.17, 15) is 4.79 Å². The highest BCUT2D eigenvalue weighted by atomic mass is 16.5. The number of anilines is 1. The molecule has 102 valence electrons. The number of fused-ring (bicyclic) bond motifs is 1. The third-order valence-electron chi connectivity index (χ3n) is 3.00. The fraction of sp³-hybridized carbons (Fsp3) is 0.462. The lowest BCUT2D eigenvalue weighted by Gasteiger charge is -2.12. The first-order valence-electron chi connectivity index (χ1n) is 6.35. The van der Waals surface area contributed by atoms with Gasteiger partial charge in [-0.25, -0.2) is 14.5 Å². The van der Waals surface area contributed by atoms with Crippen LogP contribution >= 0.6 is 0 Å². The molecule has 0 amide bonds. The van der Waals surface area contributed by atoms with Crippen LogP contribution < -0.4 is 5.32 Å². The molecule has 0 spiro atoms. The van der Waals surface area contributed by atoms with Gasteiger partial charge in [-0.1, -0.05) is 0 Å². The van der Waals surface area contributed by atoms with Crippen molar-refractivity contribution < 1.29 is 9.53 Å². The average molecular weight is 262 g/mol. The zero-order chi connectivity index (χ0) is 14.0. The van der Waals surface area contributed by atoms with Crippen LogP contribution in [0.15, 0.2) is 6.20 Å². The van der Waals surface area contributed by atoms with E-state index >= 15 is 0 Å². The minimum absolute atomic E-state index is 0.341. The van der Waals surface area contributed by atoms with Crippen LogP contribution in [0.5, 0.6) is 0 Å². The first kappa shape index (κ1) is 13.3. The van der Waals surface area contributed by atoms with E-state index in [4.69, 9.17) is 4.74 Å². The molecule has 6 nitrogen and oxygen atoms in total. The Kier molecular flexibility index (Phi) is 3.69. The molecular weight excluding hydrogens is 244 g/mol. The highest BCUT2D eigenvalue weighted by molar-refractivity contribution is 6.05. The maximum atomic E-state index is 12.0. The van der Waals surface area contributed by atoms with E-state index in [-0.39, 0.29) is 5.97 Å². The number of carbonyl (C=O) groups is 1. The number of hydrogen-bond acceptors (Lipinski definition) is 5. The summed E-state index contributed by atoms with van der Waals surface area (Å²) in [4.78, 5) is 16.5. The van der Waals surface area contributed by atoms with Crippen LogP contribution in [0.2, 0.25) is 0 Å². The SMILES string of the molecule is CCOC(=O)c1c(C)nc2c(cnn2CC)c1NC. The highest BCUT2D eigenvalue weighted by Crippen LogP contribution is 2.28. The number of carbonyl (C=O) groups excluding carboxylic acids is 1. The molecule has 0 saturated heterocycles. The van der Waals surface area contributed by atoms with Crippen LogP contribution in [0.1, 0.15) is 29.9 Å². The van der Waals surface area contributed by atoms with E-state index in [2.05, 4.69) is 15.4 Å². The van der Waals surface area contributed by atoms with Crippen molar-refractivity contribution in [3.63, 3.8) is 0 Å². The van der Waals surface area contributed by atoms with Crippen molar-refractivity contribution in [3.05, 3.63) is 17.5 Å². The zero-order valence-corrected chi connectivity index (χ0v) is 11.6. The van der Waals surface area contributed by atoms with Gasteiger partial charge in [0.15, 0.2) is 5.65 Å². The summed E-state index contributed by atoms with van der Waals surface area (Å²) in [6.45, 7) is 6.67. The number of pyridine rings is 1. The Bertz CT molecular complexity index is 619. The molecule has 0 bridgehead atoms. The summed E-state index contributed by atoms with van der Waals surface area (Å²) in [5.74, 6) is -0.358. The fourth-order valence-electron chi connectivity index (χ4n) is 2.15. The molecule has 0 radical (unpaired) electrons. The second-order valence-electron chi connectivity index (χ2n) is 4.12. The standard InChI is InChI=1S/C13H18N4O2/c1-5-17-12-9(7-15-17)11(14-4)10(8(3)16-12)13(18)19-6-2/h7H,5-6H2,1-4H3,(H,14,16). The van der Waals surface area contributed by atoms with Crippen LogP contribution in [0.3, 0.4) is 0 Å². The number of aryl methyl sites for hydroxylation is 2. The van der Waals surface area contributed by atoms with E-state index in [0.717, 1.165) is 23.3 Å². The summed E-state index contributed by atoms with van der Waals surface area (Å²) in [5, 5.41) is 8.17. The van der Waals surface area contributed by atoms with Crippen LogP contribution in [-0.4, -0.2) is 34.4 Å². The van der Waals surface area contributed by atoms with Crippen molar-refractivity contribution in [1.29, 1.82) is 0 Å². The van der Waals surface area contributed by atoms with Gasteiger partial charge in [-0.3, -0.25) is 0 Å². The molecule has 0 aliphatic heterocycles. The third kappa shape index (κ3) is 2.14. The smallest absolute Gasteiger partial charge is 0.342 e. The first-order chi connectivity index (χ1) is 9.13. The summed E-state index contributed by atoms with van der Waals surface area (Å²) in [7, 11) is 1.78. The van der Waals surface area contributed by atoms with Crippen LogP contribution in [0.25, 0.3) is 11.0 Å². The van der Waals surface area contributed by atoms with Crippen molar-refractivity contribution >= 4 is 22.7 Å². The molecule has 2 aromatic heterocycles. The number of hydrogen-bond donors (Lipinski definition) is 1. The van der Waals surface area contributed by atoms with Crippen LogP contribution in [0.4, 0.5) is 5.69 Å². The summed E-state index contributed by atoms with van der Waals surface area (Å²) in [6, 6.07) is 0. The molecule has 2 rings (SSSR count). The Morgan fingerprint density at radius 3 is 2.79 bits per heavy atom. The van der Waals surface area contributed by atoms with E-state index < -0.39 is 0 Å². The molecule has 0 aliphatic carbocycles. The van der Waals surface area contributed by atoms with Crippen molar-refractivity contribution in [1.82, 2.24) is 14.8 Å². The van der Waals surface area contributed by atoms with Crippen molar-refractivity contribution in [2.45, 2.75) is 27.3 Å². The topological polar surface area (TPSA) is 69.0 Å². The van der Waals surface area contributed by atoms with E-state index in [1.807, 2.05) is 6.92 Å². The summed E-state index contributed by atoms with van der Waals surface area (Å²) in [6.07, 6.45) is 1.72. The lowest BCUT2D eigenvalue weighted by molar-refractivity contribution is 0.0526. The molecule has 0 unspecified atom stereocenters. The highest BCUT2D eigenvalue weighted by Gasteiger charge is 2.21. The predicted molar refractivity (Wildman–Crippen MR) is 73.4 cm³/mol. The van der Waals surface area contributed by atoms with E-state index in [0.29, 0.717) is 17.9 Å². The van der Waals surface area contributed by atoms with Gasteiger partial charge in [0.1, 0.15) is 5.56 Å². The molecular formula is C13H18N4O2. The van der Waals surface area contributed by atoms with Gasteiger partial charge >= 0.3 is 5.97 Å². The number of rotatable bonds is 4.